The largest absolute Gasteiger partial charge is 0.496 e. The number of para-hydroxylation sites is 1. The Balaban J connectivity index is 1.45. The average molecular weight is 792 g/mol. The first-order valence-electron chi connectivity index (χ1n) is 19.9. The molecule has 2 bridgehead atoms. The number of carbonyl (C=O) groups is 4. The maximum absolute atomic E-state index is 14.3. The Bertz CT molecular complexity index is 1850. The standard InChI is InChI=1S/C43H62BN3O10/c1-39(2,3)53-36(49)30-16-14-15-25(34(30)52-13)20-33(44-56-32-22-29-21-31(42(29,10)11)43(32,12)57-44)47-35(48)26-17-18-27(23-45-37(50)54-40(4,5)6)28(19-26)24-46-38(51)55-41(7,8)9/h14-19,29,31-33H,20-24H2,1-13H3,(H,45,50)(H,46,51)(H,47,48)/t29?,31?,32?,33-,43?/m0/s1. The van der Waals surface area contributed by atoms with E-state index in [2.05, 4.69) is 36.7 Å². The molecule has 3 amide bonds. The van der Waals surface area contributed by atoms with Crippen LogP contribution in [-0.4, -0.2) is 72.7 Å². The zero-order chi connectivity index (χ0) is 42.3. The van der Waals surface area contributed by atoms with Gasteiger partial charge in [-0.05, 0) is 141 Å². The molecule has 1 saturated heterocycles. The van der Waals surface area contributed by atoms with Crippen molar-refractivity contribution in [3.63, 3.8) is 0 Å². The molecule has 3 N–H and O–H groups in total. The highest BCUT2D eigenvalue weighted by atomic mass is 16.7. The summed E-state index contributed by atoms with van der Waals surface area (Å²) in [7, 11) is 0.694. The molecule has 4 unspecified atom stereocenters. The molecule has 0 aromatic heterocycles. The molecule has 3 aliphatic carbocycles. The van der Waals surface area contributed by atoms with E-state index in [0.29, 0.717) is 39.8 Å². The number of amides is 3. The van der Waals surface area contributed by atoms with E-state index >= 15 is 0 Å². The predicted octanol–water partition coefficient (Wildman–Crippen LogP) is 7.31. The lowest BCUT2D eigenvalue weighted by atomic mass is 9.43. The summed E-state index contributed by atoms with van der Waals surface area (Å²) in [6.07, 6.45) is 0.765. The van der Waals surface area contributed by atoms with Crippen LogP contribution in [0, 0.1) is 17.3 Å². The van der Waals surface area contributed by atoms with Crippen LogP contribution in [0.15, 0.2) is 36.4 Å². The van der Waals surface area contributed by atoms with Crippen molar-refractivity contribution < 1.29 is 47.4 Å². The molecule has 6 rings (SSSR count). The second-order valence-corrected chi connectivity index (χ2v) is 19.3. The van der Waals surface area contributed by atoms with Gasteiger partial charge in [-0.15, -0.1) is 0 Å². The van der Waals surface area contributed by atoms with Crippen molar-refractivity contribution >= 4 is 31.2 Å². The lowest BCUT2D eigenvalue weighted by molar-refractivity contribution is -0.199. The smallest absolute Gasteiger partial charge is 0.482 e. The van der Waals surface area contributed by atoms with Gasteiger partial charge in [-0.3, -0.25) is 4.79 Å². The lowest BCUT2D eigenvalue weighted by Crippen LogP contribution is -2.65. The molecule has 2 aromatic carbocycles. The van der Waals surface area contributed by atoms with Gasteiger partial charge in [0.2, 0.25) is 0 Å². The molecule has 1 heterocycles. The molecule has 0 spiro atoms. The number of hydrogen-bond donors (Lipinski definition) is 3. The van der Waals surface area contributed by atoms with Crippen LogP contribution in [0.5, 0.6) is 5.75 Å². The van der Waals surface area contributed by atoms with Crippen LogP contribution in [0.4, 0.5) is 9.59 Å². The molecule has 2 aromatic rings. The van der Waals surface area contributed by atoms with Gasteiger partial charge in [0.25, 0.3) is 5.91 Å². The number of alkyl carbamates (subject to hydrolysis) is 2. The highest BCUT2D eigenvalue weighted by Crippen LogP contribution is 2.65. The van der Waals surface area contributed by atoms with Gasteiger partial charge in [0.1, 0.15) is 28.1 Å². The van der Waals surface area contributed by atoms with Gasteiger partial charge in [0, 0.05) is 18.7 Å². The maximum Gasteiger partial charge on any atom is 0.482 e. The SMILES string of the molecule is COc1c(C[C@H](NC(=O)c2ccc(CNC(=O)OC(C)(C)C)c(CNC(=O)OC(C)(C)C)c2)B2OC3CC4CC(C4(C)C)C3(C)O2)cccc1C(=O)OC(C)(C)C. The second kappa shape index (κ2) is 16.2. The molecular weight excluding hydrogens is 729 g/mol. The summed E-state index contributed by atoms with van der Waals surface area (Å²) < 4.78 is 36.0. The summed E-state index contributed by atoms with van der Waals surface area (Å²) in [6, 6.07) is 10.3. The van der Waals surface area contributed by atoms with E-state index in [9.17, 15) is 19.2 Å². The van der Waals surface area contributed by atoms with Gasteiger partial charge < -0.3 is 44.2 Å². The third kappa shape index (κ3) is 10.4. The van der Waals surface area contributed by atoms with Crippen LogP contribution >= 0.6 is 0 Å². The summed E-state index contributed by atoms with van der Waals surface area (Å²) >= 11 is 0. The third-order valence-electron chi connectivity index (χ3n) is 11.1. The minimum atomic E-state index is -0.806. The monoisotopic (exact) mass is 791 g/mol. The molecule has 3 saturated carbocycles. The fourth-order valence-electron chi connectivity index (χ4n) is 8.32. The highest BCUT2D eigenvalue weighted by Gasteiger charge is 2.68. The fourth-order valence-corrected chi connectivity index (χ4v) is 8.32. The zero-order valence-electron chi connectivity index (χ0n) is 36.0. The summed E-state index contributed by atoms with van der Waals surface area (Å²) in [5.74, 6) is -0.485. The Hall–Kier alpha value is -4.30. The van der Waals surface area contributed by atoms with E-state index in [1.807, 2.05) is 6.07 Å². The third-order valence-corrected chi connectivity index (χ3v) is 11.1. The van der Waals surface area contributed by atoms with Crippen molar-refractivity contribution in [1.82, 2.24) is 16.0 Å². The number of benzene rings is 2. The first kappa shape index (κ1) is 43.8. The molecule has 0 radical (unpaired) electrons. The Morgan fingerprint density at radius 1 is 0.807 bits per heavy atom. The number of hydrogen-bond acceptors (Lipinski definition) is 10. The van der Waals surface area contributed by atoms with E-state index in [1.54, 1.807) is 92.6 Å². The van der Waals surface area contributed by atoms with Gasteiger partial charge in [-0.1, -0.05) is 32.0 Å². The Labute approximate surface area is 338 Å². The van der Waals surface area contributed by atoms with Gasteiger partial charge in [0.05, 0.1) is 24.8 Å². The first-order chi connectivity index (χ1) is 26.3. The summed E-state index contributed by atoms with van der Waals surface area (Å²) in [4.78, 5) is 52.8. The molecule has 14 heteroatoms. The van der Waals surface area contributed by atoms with Gasteiger partial charge in [-0.25, -0.2) is 14.4 Å². The zero-order valence-corrected chi connectivity index (χ0v) is 36.0. The van der Waals surface area contributed by atoms with Gasteiger partial charge in [0.15, 0.2) is 0 Å². The molecule has 4 fully saturated rings. The number of ether oxygens (including phenoxy) is 4. The summed E-state index contributed by atoms with van der Waals surface area (Å²) in [5, 5.41) is 8.72. The Morgan fingerprint density at radius 3 is 1.96 bits per heavy atom. The minimum Gasteiger partial charge on any atom is -0.496 e. The second-order valence-electron chi connectivity index (χ2n) is 19.3. The van der Waals surface area contributed by atoms with Gasteiger partial charge in [-0.2, -0.15) is 0 Å². The molecule has 312 valence electrons. The predicted molar refractivity (Wildman–Crippen MR) is 216 cm³/mol. The minimum absolute atomic E-state index is 0.0205. The quantitative estimate of drug-likeness (QED) is 0.120. The van der Waals surface area contributed by atoms with Crippen molar-refractivity contribution in [3.8, 4) is 5.75 Å². The first-order valence-corrected chi connectivity index (χ1v) is 19.9. The molecule has 13 nitrogen and oxygen atoms in total. The highest BCUT2D eigenvalue weighted by molar-refractivity contribution is 6.48. The van der Waals surface area contributed by atoms with Crippen LogP contribution in [0.25, 0.3) is 0 Å². The van der Waals surface area contributed by atoms with E-state index in [-0.39, 0.29) is 36.6 Å². The summed E-state index contributed by atoms with van der Waals surface area (Å²) in [5.41, 5.74) is -0.0800. The van der Waals surface area contributed by atoms with E-state index < -0.39 is 59.5 Å². The summed E-state index contributed by atoms with van der Waals surface area (Å²) in [6.45, 7) is 22.8. The van der Waals surface area contributed by atoms with E-state index in [0.717, 1.165) is 12.8 Å². The maximum atomic E-state index is 14.3. The molecule has 1 aliphatic heterocycles. The molecule has 4 aliphatic rings. The van der Waals surface area contributed by atoms with E-state index in [1.165, 1.54) is 7.11 Å². The number of nitrogens with one attached hydrogen (secondary N) is 3. The fraction of sp³-hybridized carbons (Fsp3) is 0.628. The van der Waals surface area contributed by atoms with Crippen molar-refractivity contribution in [2.45, 2.75) is 150 Å². The molecular formula is C43H62BN3O10. The Morgan fingerprint density at radius 2 is 1.40 bits per heavy atom. The van der Waals surface area contributed by atoms with Crippen LogP contribution in [0.3, 0.4) is 0 Å². The van der Waals surface area contributed by atoms with E-state index in [4.69, 9.17) is 28.3 Å². The topological polar surface area (TPSA) is 160 Å². The van der Waals surface area contributed by atoms with Crippen molar-refractivity contribution in [1.29, 1.82) is 0 Å². The number of esters is 1. The van der Waals surface area contributed by atoms with Crippen LogP contribution in [-0.2, 0) is 43.0 Å². The van der Waals surface area contributed by atoms with Gasteiger partial charge >= 0.3 is 25.3 Å². The number of methoxy groups -OCH3 is 1. The number of rotatable bonds is 11. The molecule has 5 atom stereocenters. The van der Waals surface area contributed by atoms with Crippen molar-refractivity contribution in [3.05, 3.63) is 64.2 Å². The number of carbonyl (C=O) groups excluding carboxylic acids is 4. The van der Waals surface area contributed by atoms with Crippen LogP contribution in [0.2, 0.25) is 0 Å². The van der Waals surface area contributed by atoms with Crippen molar-refractivity contribution in [2.24, 2.45) is 17.3 Å². The van der Waals surface area contributed by atoms with Crippen LogP contribution in [0.1, 0.15) is 133 Å². The van der Waals surface area contributed by atoms with Crippen LogP contribution < -0.4 is 20.7 Å². The Kier molecular flexibility index (Phi) is 12.4. The average Bonchev–Trinajstić information content (AvgIpc) is 3.44. The van der Waals surface area contributed by atoms with Crippen molar-refractivity contribution in [2.75, 3.05) is 7.11 Å². The normalized spacial score (nSPS) is 23.0. The lowest BCUT2D eigenvalue weighted by Gasteiger charge is -2.64. The molecule has 57 heavy (non-hydrogen) atoms.